The summed E-state index contributed by atoms with van der Waals surface area (Å²) in [5.74, 6) is 1.76. The number of rotatable bonds is 15. The van der Waals surface area contributed by atoms with E-state index in [1.807, 2.05) is 37.3 Å². The van der Waals surface area contributed by atoms with E-state index in [1.54, 1.807) is 14.2 Å². The van der Waals surface area contributed by atoms with Crippen molar-refractivity contribution in [3.63, 3.8) is 0 Å². The molecule has 0 spiro atoms. The summed E-state index contributed by atoms with van der Waals surface area (Å²) in [6, 6.07) is 17.8. The van der Waals surface area contributed by atoms with Crippen molar-refractivity contribution in [3.8, 4) is 28.4 Å². The van der Waals surface area contributed by atoms with E-state index in [1.165, 1.54) is 0 Å². The summed E-state index contributed by atoms with van der Waals surface area (Å²) in [5.41, 5.74) is 6.15. The first-order chi connectivity index (χ1) is 25.3. The van der Waals surface area contributed by atoms with E-state index in [-0.39, 0.29) is 36.7 Å². The number of aliphatic hydroxyl groups excluding tert-OH is 1. The standard InChI is InChI=1S/C42H57N3O7Si/c1-28-38(48-6)29(25-37(39(28)49-7)52-53(8,9)42(2,3)4)24-36(40(43-5)45-21-23-50-30(26-45)16-14-15-22-46)44-41(47)51-27-35-33-19-12-10-17-31(33)32-18-11-13-20-34(32)35/h10-13,17-20,25,30,35-36,40,46H,14-16,21-24,26-27H2,1-4,6-9H3,(H,44,47)/t30-,36-,40-/m0/s1. The van der Waals surface area contributed by atoms with Crippen LogP contribution in [0.1, 0.15) is 68.2 Å². The molecule has 0 bridgehead atoms. The van der Waals surface area contributed by atoms with Gasteiger partial charge in [-0.05, 0) is 72.6 Å². The summed E-state index contributed by atoms with van der Waals surface area (Å²) in [6.07, 6.45) is 1.23. The first kappa shape index (κ1) is 40.1. The second-order valence-corrected chi connectivity index (χ2v) is 20.3. The van der Waals surface area contributed by atoms with E-state index in [9.17, 15) is 9.90 Å². The number of carbonyl (C=O) groups is 1. The molecular formula is C42H57N3O7Si. The highest BCUT2D eigenvalue weighted by Crippen LogP contribution is 2.46. The van der Waals surface area contributed by atoms with Crippen LogP contribution in [-0.2, 0) is 15.9 Å². The van der Waals surface area contributed by atoms with Crippen molar-refractivity contribution >= 4 is 14.4 Å². The Bertz CT molecular complexity index is 1720. The predicted octanol–water partition coefficient (Wildman–Crippen LogP) is 7.95. The summed E-state index contributed by atoms with van der Waals surface area (Å²) in [7, 11) is 0.973. The molecule has 1 aliphatic heterocycles. The van der Waals surface area contributed by atoms with Gasteiger partial charge in [-0.15, -0.1) is 0 Å². The molecule has 1 aliphatic carbocycles. The lowest BCUT2D eigenvalue weighted by atomic mass is 9.98. The summed E-state index contributed by atoms with van der Waals surface area (Å²) in [5, 5.41) is 12.4. The van der Waals surface area contributed by atoms with E-state index in [2.05, 4.69) is 73.2 Å². The number of unbranched alkanes of at least 4 members (excludes halogenated alkanes) is 1. The lowest BCUT2D eigenvalue weighted by Gasteiger charge is -2.37. The molecule has 0 radical (unpaired) electrons. The SMILES string of the molecule is [C-]#[N+][C@H]([C@H](Cc1cc(O[Si](C)(C)C(C)(C)C)c(OC)c(C)c1OC)NC(=O)OCC1c2ccccc2-c2ccccc21)N1CCO[C@@H](CCCCO)C1. The van der Waals surface area contributed by atoms with Crippen LogP contribution in [0.2, 0.25) is 18.1 Å². The number of morpholine rings is 1. The van der Waals surface area contributed by atoms with Crippen LogP contribution < -0.4 is 19.2 Å². The van der Waals surface area contributed by atoms with Crippen molar-refractivity contribution in [2.75, 3.05) is 47.1 Å². The van der Waals surface area contributed by atoms with Crippen LogP contribution in [0, 0.1) is 13.5 Å². The number of nitrogens with zero attached hydrogens (tertiary/aromatic N) is 2. The van der Waals surface area contributed by atoms with Crippen molar-refractivity contribution in [1.29, 1.82) is 0 Å². The molecule has 1 heterocycles. The number of carbonyl (C=O) groups excluding carboxylic acids is 1. The fourth-order valence-electron chi connectivity index (χ4n) is 7.34. The third-order valence-corrected chi connectivity index (χ3v) is 15.5. The van der Waals surface area contributed by atoms with E-state index in [0.717, 1.165) is 46.2 Å². The van der Waals surface area contributed by atoms with Gasteiger partial charge in [0.1, 0.15) is 24.1 Å². The summed E-state index contributed by atoms with van der Waals surface area (Å²) < 4.78 is 30.8. The van der Waals surface area contributed by atoms with Crippen LogP contribution in [0.15, 0.2) is 54.6 Å². The minimum atomic E-state index is -2.28. The molecule has 3 atom stereocenters. The van der Waals surface area contributed by atoms with Gasteiger partial charge < -0.3 is 33.8 Å². The highest BCUT2D eigenvalue weighted by atomic mass is 28.4. The number of nitrogens with one attached hydrogen (secondary N) is 1. The van der Waals surface area contributed by atoms with E-state index in [0.29, 0.717) is 43.4 Å². The third kappa shape index (κ3) is 9.01. The van der Waals surface area contributed by atoms with Crippen molar-refractivity contribution in [2.24, 2.45) is 0 Å². The van der Waals surface area contributed by atoms with Gasteiger partial charge in [0.25, 0.3) is 14.5 Å². The Morgan fingerprint density at radius 2 is 1.70 bits per heavy atom. The first-order valence-corrected chi connectivity index (χ1v) is 21.6. The Balaban J connectivity index is 1.46. The molecule has 0 saturated carbocycles. The van der Waals surface area contributed by atoms with Gasteiger partial charge in [-0.2, -0.15) is 0 Å². The molecule has 0 aromatic heterocycles. The number of aliphatic hydroxyl groups is 1. The Hall–Kier alpha value is -4.08. The van der Waals surface area contributed by atoms with Crippen molar-refractivity contribution in [2.45, 2.75) is 95.7 Å². The molecule has 3 aromatic carbocycles. The maximum absolute atomic E-state index is 13.9. The maximum atomic E-state index is 13.9. The highest BCUT2D eigenvalue weighted by Gasteiger charge is 2.42. The van der Waals surface area contributed by atoms with Crippen LogP contribution in [-0.4, -0.2) is 89.9 Å². The topological polar surface area (TPSA) is 103 Å². The molecule has 3 aromatic rings. The molecule has 2 N–H and O–H groups in total. The molecule has 10 nitrogen and oxygen atoms in total. The number of hydrogen-bond donors (Lipinski definition) is 2. The van der Waals surface area contributed by atoms with E-state index < -0.39 is 26.6 Å². The predicted molar refractivity (Wildman–Crippen MR) is 210 cm³/mol. The average Bonchev–Trinajstić information content (AvgIpc) is 3.44. The Morgan fingerprint density at radius 3 is 2.28 bits per heavy atom. The van der Waals surface area contributed by atoms with Gasteiger partial charge in [0.2, 0.25) is 0 Å². The van der Waals surface area contributed by atoms with Crippen LogP contribution in [0.25, 0.3) is 16.0 Å². The quantitative estimate of drug-likeness (QED) is 0.0919. The fraction of sp³-hybridized carbons (Fsp3) is 0.524. The maximum Gasteiger partial charge on any atom is 0.407 e. The Labute approximate surface area is 316 Å². The van der Waals surface area contributed by atoms with Crippen molar-refractivity contribution < 1.29 is 33.3 Å². The largest absolute Gasteiger partial charge is 0.541 e. The second-order valence-electron chi connectivity index (χ2n) is 15.6. The number of alkyl carbamates (subject to hydrolysis) is 1. The molecule has 5 rings (SSSR count). The van der Waals surface area contributed by atoms with Gasteiger partial charge in [-0.3, -0.25) is 4.85 Å². The average molecular weight is 744 g/mol. The molecule has 0 unspecified atom stereocenters. The number of ether oxygens (including phenoxy) is 4. The van der Waals surface area contributed by atoms with E-state index >= 15 is 0 Å². The smallest absolute Gasteiger partial charge is 0.407 e. The summed E-state index contributed by atoms with van der Waals surface area (Å²) in [4.78, 5) is 20.1. The van der Waals surface area contributed by atoms with Crippen molar-refractivity contribution in [3.05, 3.63) is 88.3 Å². The normalized spacial score (nSPS) is 17.2. The molecule has 1 amide bonds. The Kier molecular flexibility index (Phi) is 13.1. The number of fused-ring (bicyclic) bond motifs is 3. The van der Waals surface area contributed by atoms with Crippen LogP contribution >= 0.6 is 0 Å². The number of benzene rings is 3. The highest BCUT2D eigenvalue weighted by molar-refractivity contribution is 6.74. The van der Waals surface area contributed by atoms with Gasteiger partial charge in [-0.25, -0.2) is 16.3 Å². The minimum absolute atomic E-state index is 0.0561. The number of methoxy groups -OCH3 is 2. The van der Waals surface area contributed by atoms with Gasteiger partial charge >= 0.3 is 6.09 Å². The first-order valence-electron chi connectivity index (χ1n) is 18.7. The van der Waals surface area contributed by atoms with Crippen LogP contribution in [0.5, 0.6) is 17.2 Å². The molecule has 286 valence electrons. The molecule has 53 heavy (non-hydrogen) atoms. The van der Waals surface area contributed by atoms with E-state index in [4.69, 9.17) is 29.9 Å². The zero-order valence-electron chi connectivity index (χ0n) is 32.7. The monoisotopic (exact) mass is 743 g/mol. The molecule has 1 fully saturated rings. The van der Waals surface area contributed by atoms with Crippen LogP contribution in [0.3, 0.4) is 0 Å². The second kappa shape index (κ2) is 17.4. The molecule has 1 saturated heterocycles. The number of hydrogen-bond acceptors (Lipinski definition) is 8. The lowest BCUT2D eigenvalue weighted by Crippen LogP contribution is -2.56. The van der Waals surface area contributed by atoms with Gasteiger partial charge in [-0.1, -0.05) is 69.3 Å². The number of amides is 1. The fourth-order valence-corrected chi connectivity index (χ4v) is 8.35. The molecular weight excluding hydrogens is 687 g/mol. The van der Waals surface area contributed by atoms with Crippen LogP contribution in [0.4, 0.5) is 4.79 Å². The zero-order valence-corrected chi connectivity index (χ0v) is 33.7. The van der Waals surface area contributed by atoms with Crippen molar-refractivity contribution in [1.82, 2.24) is 10.2 Å². The van der Waals surface area contributed by atoms with Gasteiger partial charge in [0.15, 0.2) is 5.75 Å². The lowest BCUT2D eigenvalue weighted by molar-refractivity contribution is -0.0459. The summed E-state index contributed by atoms with van der Waals surface area (Å²) in [6.45, 7) is 23.2. The molecule has 11 heteroatoms. The van der Waals surface area contributed by atoms with Gasteiger partial charge in [0, 0.05) is 43.2 Å². The minimum Gasteiger partial charge on any atom is -0.541 e. The summed E-state index contributed by atoms with van der Waals surface area (Å²) >= 11 is 0. The zero-order chi connectivity index (χ0) is 38.3. The third-order valence-electron chi connectivity index (χ3n) is 11.1. The Morgan fingerprint density at radius 1 is 1.06 bits per heavy atom. The molecule has 2 aliphatic rings. The van der Waals surface area contributed by atoms with Gasteiger partial charge in [0.05, 0.1) is 26.9 Å².